The second kappa shape index (κ2) is 12.0. The van der Waals surface area contributed by atoms with Crippen LogP contribution in [0.2, 0.25) is 0 Å². The van der Waals surface area contributed by atoms with Gasteiger partial charge in [-0.25, -0.2) is 0 Å². The van der Waals surface area contributed by atoms with Gasteiger partial charge in [-0.1, -0.05) is 64.8 Å². The Morgan fingerprint density at radius 1 is 1.06 bits per heavy atom. The molecule has 1 aromatic rings. The van der Waals surface area contributed by atoms with Gasteiger partial charge in [-0.3, -0.25) is 4.79 Å². The Labute approximate surface area is 101 Å². The van der Waals surface area contributed by atoms with Crippen LogP contribution in [-0.4, -0.2) is 5.78 Å². The van der Waals surface area contributed by atoms with Crippen molar-refractivity contribution in [1.82, 2.24) is 0 Å². The van der Waals surface area contributed by atoms with Crippen molar-refractivity contribution < 1.29 is 4.79 Å². The van der Waals surface area contributed by atoms with E-state index in [2.05, 4.69) is 13.8 Å². The minimum absolute atomic E-state index is 0.137. The molecular formula is C15H26O. The van der Waals surface area contributed by atoms with E-state index >= 15 is 0 Å². The van der Waals surface area contributed by atoms with Crippen LogP contribution in [-0.2, 0) is 0 Å². The zero-order valence-electron chi connectivity index (χ0n) is 11.6. The first kappa shape index (κ1) is 17.3. The van der Waals surface area contributed by atoms with Crippen molar-refractivity contribution in [3.63, 3.8) is 0 Å². The first-order chi connectivity index (χ1) is 7.63. The van der Waals surface area contributed by atoms with Crippen molar-refractivity contribution in [2.75, 3.05) is 0 Å². The molecule has 16 heavy (non-hydrogen) atoms. The molecule has 0 saturated carbocycles. The number of carbonyl (C=O) groups is 1. The van der Waals surface area contributed by atoms with Gasteiger partial charge in [0, 0.05) is 5.56 Å². The molecule has 0 aromatic heterocycles. The minimum atomic E-state index is 0.137. The Bertz CT molecular complexity index is 275. The normalized spacial score (nSPS) is 8.12. The molecule has 1 rings (SSSR count). The molecule has 92 valence electrons. The lowest BCUT2D eigenvalue weighted by Crippen LogP contribution is -1.93. The van der Waals surface area contributed by atoms with Crippen LogP contribution in [0.15, 0.2) is 24.3 Å². The van der Waals surface area contributed by atoms with E-state index in [4.69, 9.17) is 0 Å². The smallest absolute Gasteiger partial charge is 0.160 e. The number of Topliss-reactive ketones (excluding diaryl/α,β-unsaturated/α-hetero) is 1. The van der Waals surface area contributed by atoms with E-state index in [-0.39, 0.29) is 5.78 Å². The standard InChI is InChI=1S/C9H10O.C4H10.C2H6/c1-7-5-3-4-6-9(7)8(2)10;1-3-4-2;1-2/h3-6H,1-2H3;3-4H2,1-2H3;1-2H3. The van der Waals surface area contributed by atoms with Crippen LogP contribution in [0.5, 0.6) is 0 Å². The molecule has 0 aliphatic carbocycles. The Morgan fingerprint density at radius 3 is 1.75 bits per heavy atom. The third kappa shape index (κ3) is 8.22. The lowest BCUT2D eigenvalue weighted by atomic mass is 10.1. The lowest BCUT2D eigenvalue weighted by Gasteiger charge is -1.97. The maximum atomic E-state index is 10.9. The van der Waals surface area contributed by atoms with Crippen LogP contribution in [0.1, 0.15) is 63.4 Å². The summed E-state index contributed by atoms with van der Waals surface area (Å²) in [5, 5.41) is 0. The Balaban J connectivity index is 0. The number of rotatable bonds is 2. The maximum absolute atomic E-state index is 10.9. The number of aryl methyl sites for hydroxylation is 1. The summed E-state index contributed by atoms with van der Waals surface area (Å²) in [4.78, 5) is 10.9. The quantitative estimate of drug-likeness (QED) is 0.641. The summed E-state index contributed by atoms with van der Waals surface area (Å²) >= 11 is 0. The van der Waals surface area contributed by atoms with Gasteiger partial charge in [0.15, 0.2) is 5.78 Å². The monoisotopic (exact) mass is 222 g/mol. The summed E-state index contributed by atoms with van der Waals surface area (Å²) in [5.74, 6) is 0.137. The van der Waals surface area contributed by atoms with Gasteiger partial charge in [0.05, 0.1) is 0 Å². The summed E-state index contributed by atoms with van der Waals surface area (Å²) in [6.07, 6.45) is 2.64. The van der Waals surface area contributed by atoms with Gasteiger partial charge < -0.3 is 0 Å². The molecule has 1 nitrogen and oxygen atoms in total. The third-order valence-corrected chi connectivity index (χ3v) is 2.02. The van der Waals surface area contributed by atoms with Gasteiger partial charge >= 0.3 is 0 Å². The van der Waals surface area contributed by atoms with Gasteiger partial charge in [-0.2, -0.15) is 0 Å². The van der Waals surface area contributed by atoms with E-state index in [1.54, 1.807) is 6.92 Å². The zero-order valence-corrected chi connectivity index (χ0v) is 11.6. The predicted octanol–water partition coefficient (Wildman–Crippen LogP) is 5.03. The average Bonchev–Trinajstić information content (AvgIpc) is 2.32. The molecular weight excluding hydrogens is 196 g/mol. The number of carbonyl (C=O) groups excluding carboxylic acids is 1. The van der Waals surface area contributed by atoms with Crippen LogP contribution < -0.4 is 0 Å². The van der Waals surface area contributed by atoms with E-state index in [0.29, 0.717) is 0 Å². The molecule has 0 amide bonds. The maximum Gasteiger partial charge on any atom is 0.160 e. The second-order valence-electron chi connectivity index (χ2n) is 3.37. The van der Waals surface area contributed by atoms with Crippen LogP contribution in [0.4, 0.5) is 0 Å². The fourth-order valence-electron chi connectivity index (χ4n) is 0.968. The van der Waals surface area contributed by atoms with Crippen molar-refractivity contribution in [3.8, 4) is 0 Å². The Kier molecular flexibility index (Phi) is 12.9. The molecule has 0 fully saturated rings. The molecule has 0 aliphatic rings. The van der Waals surface area contributed by atoms with E-state index in [0.717, 1.165) is 11.1 Å². The molecule has 0 radical (unpaired) electrons. The Hall–Kier alpha value is -1.11. The fraction of sp³-hybridized carbons (Fsp3) is 0.533. The molecule has 0 heterocycles. The lowest BCUT2D eigenvalue weighted by molar-refractivity contribution is 0.101. The predicted molar refractivity (Wildman–Crippen MR) is 73.1 cm³/mol. The summed E-state index contributed by atoms with van der Waals surface area (Å²) in [6, 6.07) is 7.60. The molecule has 0 aliphatic heterocycles. The first-order valence-electron chi connectivity index (χ1n) is 6.20. The van der Waals surface area contributed by atoms with Crippen molar-refractivity contribution in [2.45, 2.75) is 54.4 Å². The number of ketones is 1. The second-order valence-corrected chi connectivity index (χ2v) is 3.37. The van der Waals surface area contributed by atoms with E-state index in [1.807, 2.05) is 45.0 Å². The largest absolute Gasteiger partial charge is 0.295 e. The minimum Gasteiger partial charge on any atom is -0.295 e. The van der Waals surface area contributed by atoms with Gasteiger partial charge in [-0.05, 0) is 19.4 Å². The molecule has 0 N–H and O–H groups in total. The average molecular weight is 222 g/mol. The topological polar surface area (TPSA) is 17.1 Å². The number of hydrogen-bond donors (Lipinski definition) is 0. The van der Waals surface area contributed by atoms with Gasteiger partial charge in [-0.15, -0.1) is 0 Å². The SMILES string of the molecule is CC.CC(=O)c1ccccc1C.CCCC. The van der Waals surface area contributed by atoms with E-state index in [9.17, 15) is 4.79 Å². The zero-order chi connectivity index (χ0) is 13.0. The van der Waals surface area contributed by atoms with Crippen LogP contribution in [0.3, 0.4) is 0 Å². The molecule has 1 heteroatoms. The summed E-state index contributed by atoms with van der Waals surface area (Å²) < 4.78 is 0. The van der Waals surface area contributed by atoms with E-state index in [1.165, 1.54) is 12.8 Å². The van der Waals surface area contributed by atoms with Gasteiger partial charge in [0.25, 0.3) is 0 Å². The van der Waals surface area contributed by atoms with Crippen molar-refractivity contribution in [3.05, 3.63) is 35.4 Å². The highest BCUT2D eigenvalue weighted by Crippen LogP contribution is 2.06. The highest BCUT2D eigenvalue weighted by atomic mass is 16.1. The number of unbranched alkanes of at least 4 members (excludes halogenated alkanes) is 1. The van der Waals surface area contributed by atoms with Crippen molar-refractivity contribution in [1.29, 1.82) is 0 Å². The molecule has 1 aromatic carbocycles. The fourth-order valence-corrected chi connectivity index (χ4v) is 0.968. The van der Waals surface area contributed by atoms with Gasteiger partial charge in [0.1, 0.15) is 0 Å². The summed E-state index contributed by atoms with van der Waals surface area (Å²) in [5.41, 5.74) is 1.87. The molecule has 0 bridgehead atoms. The van der Waals surface area contributed by atoms with Crippen LogP contribution >= 0.6 is 0 Å². The highest BCUT2D eigenvalue weighted by Gasteiger charge is 1.99. The Morgan fingerprint density at radius 2 is 1.50 bits per heavy atom. The molecule has 0 unspecified atom stereocenters. The summed E-state index contributed by atoms with van der Waals surface area (Å²) in [7, 11) is 0. The summed E-state index contributed by atoms with van der Waals surface area (Å²) in [6.45, 7) is 11.9. The molecule has 0 atom stereocenters. The van der Waals surface area contributed by atoms with Gasteiger partial charge in [0.2, 0.25) is 0 Å². The van der Waals surface area contributed by atoms with Crippen molar-refractivity contribution >= 4 is 5.78 Å². The number of benzene rings is 1. The van der Waals surface area contributed by atoms with Crippen LogP contribution in [0, 0.1) is 6.92 Å². The molecule has 0 spiro atoms. The molecule has 0 saturated heterocycles. The van der Waals surface area contributed by atoms with Crippen molar-refractivity contribution in [2.24, 2.45) is 0 Å². The highest BCUT2D eigenvalue weighted by molar-refractivity contribution is 5.95. The van der Waals surface area contributed by atoms with Crippen LogP contribution in [0.25, 0.3) is 0 Å². The third-order valence-electron chi connectivity index (χ3n) is 2.02. The first-order valence-corrected chi connectivity index (χ1v) is 6.20. The van der Waals surface area contributed by atoms with E-state index < -0.39 is 0 Å². The number of hydrogen-bond acceptors (Lipinski definition) is 1.